The lowest BCUT2D eigenvalue weighted by Crippen LogP contribution is -2.44. The Morgan fingerprint density at radius 1 is 0.944 bits per heavy atom. The van der Waals surface area contributed by atoms with Gasteiger partial charge in [0.05, 0.1) is 6.26 Å². The molecule has 36 heavy (non-hydrogen) atoms. The predicted molar refractivity (Wildman–Crippen MR) is 158 cm³/mol. The standard InChI is InChI=1S/C17H28O.C12H20O.C5H10/c1-6-7-8-14-12(2)9-10-15-13(3)17(4,5)18-11-16(14)15;1-3-4-8-12-10(2)6-5-7-11(12)9-13;1-4-5(2)3/h6-7,11-15H,8-10H2,1-5H3;3-4,9-12H,5-8H2,1-2H3;4H,1-3H3/b7-6+;4-3+;/t12-,13?,14+,15?;10-,11?,12+;/m11./s1. The second kappa shape index (κ2) is 16.3. The molecule has 0 N–H and O–H groups in total. The fraction of sp³-hybridized carbons (Fsp3) is 0.735. The van der Waals surface area contributed by atoms with Crippen molar-refractivity contribution in [3.8, 4) is 0 Å². The van der Waals surface area contributed by atoms with Crippen LogP contribution in [-0.4, -0.2) is 11.9 Å². The molecule has 3 unspecified atom stereocenters. The summed E-state index contributed by atoms with van der Waals surface area (Å²) in [7, 11) is 0. The fourth-order valence-corrected chi connectivity index (χ4v) is 5.99. The summed E-state index contributed by atoms with van der Waals surface area (Å²) in [6.07, 6.45) is 22.7. The van der Waals surface area contributed by atoms with Gasteiger partial charge in [-0.3, -0.25) is 0 Å². The fourth-order valence-electron chi connectivity index (χ4n) is 5.99. The summed E-state index contributed by atoms with van der Waals surface area (Å²) in [5.74, 6) is 4.49. The van der Waals surface area contributed by atoms with E-state index in [0.717, 1.165) is 30.6 Å². The highest BCUT2D eigenvalue weighted by atomic mass is 16.5. The van der Waals surface area contributed by atoms with Crippen molar-refractivity contribution in [3.63, 3.8) is 0 Å². The molecule has 2 saturated carbocycles. The number of aldehydes is 1. The Bertz CT molecular complexity index is 749. The van der Waals surface area contributed by atoms with E-state index in [2.05, 4.69) is 92.0 Å². The van der Waals surface area contributed by atoms with E-state index < -0.39 is 0 Å². The molecule has 2 aliphatic carbocycles. The maximum atomic E-state index is 10.9. The molecule has 0 radical (unpaired) electrons. The molecule has 3 rings (SSSR count). The molecule has 1 heterocycles. The normalized spacial score (nSPS) is 33.2. The van der Waals surface area contributed by atoms with E-state index in [9.17, 15) is 4.79 Å². The summed E-state index contributed by atoms with van der Waals surface area (Å²) in [6, 6.07) is 0. The van der Waals surface area contributed by atoms with Crippen LogP contribution in [-0.2, 0) is 9.53 Å². The van der Waals surface area contributed by atoms with Crippen molar-refractivity contribution in [1.82, 2.24) is 0 Å². The van der Waals surface area contributed by atoms with Crippen LogP contribution in [0.5, 0.6) is 0 Å². The Labute approximate surface area is 224 Å². The smallest absolute Gasteiger partial charge is 0.123 e. The molecule has 0 spiro atoms. The summed E-state index contributed by atoms with van der Waals surface area (Å²) in [4.78, 5) is 10.9. The average molecular weight is 499 g/mol. The Kier molecular flexibility index (Phi) is 14.7. The molecular weight excluding hydrogens is 440 g/mol. The molecule has 0 saturated heterocycles. The lowest BCUT2D eigenvalue weighted by molar-refractivity contribution is -0.114. The lowest BCUT2D eigenvalue weighted by atomic mass is 9.63. The third kappa shape index (κ3) is 9.71. The molecule has 0 aromatic heterocycles. The van der Waals surface area contributed by atoms with Crippen LogP contribution in [0.4, 0.5) is 0 Å². The molecule has 3 aliphatic rings. The van der Waals surface area contributed by atoms with Crippen LogP contribution in [0.25, 0.3) is 0 Å². The third-order valence-electron chi connectivity index (χ3n) is 9.17. The van der Waals surface area contributed by atoms with Gasteiger partial charge in [-0.2, -0.15) is 0 Å². The molecule has 2 fully saturated rings. The topological polar surface area (TPSA) is 26.3 Å². The first-order chi connectivity index (χ1) is 17.0. The number of hydrogen-bond donors (Lipinski definition) is 0. The second-order valence-electron chi connectivity index (χ2n) is 12.2. The van der Waals surface area contributed by atoms with Crippen LogP contribution in [0.1, 0.15) is 114 Å². The predicted octanol–water partition coefficient (Wildman–Crippen LogP) is 10.1. The van der Waals surface area contributed by atoms with Crippen molar-refractivity contribution in [2.75, 3.05) is 0 Å². The molecule has 206 valence electrons. The summed E-state index contributed by atoms with van der Waals surface area (Å²) in [5.41, 5.74) is 2.96. The third-order valence-corrected chi connectivity index (χ3v) is 9.17. The van der Waals surface area contributed by atoms with Gasteiger partial charge >= 0.3 is 0 Å². The van der Waals surface area contributed by atoms with E-state index in [4.69, 9.17) is 4.74 Å². The summed E-state index contributed by atoms with van der Waals surface area (Å²) in [5, 5.41) is 0. The monoisotopic (exact) mass is 498 g/mol. The number of rotatable bonds is 5. The zero-order chi connectivity index (χ0) is 27.3. The SMILES string of the molecule is C/C=C/C[C@@H]1C(C=O)CCC[C@H]1C.C/C=C/C[C@@H]1C2=COC(C)(C)C(C)C2CC[C@H]1C.CC=C(C)C. The van der Waals surface area contributed by atoms with Gasteiger partial charge in [0.15, 0.2) is 0 Å². The second-order valence-corrected chi connectivity index (χ2v) is 12.2. The van der Waals surface area contributed by atoms with E-state index in [1.54, 1.807) is 5.57 Å². The lowest BCUT2D eigenvalue weighted by Gasteiger charge is -2.48. The minimum atomic E-state index is -0.000109. The average Bonchev–Trinajstić information content (AvgIpc) is 2.85. The summed E-state index contributed by atoms with van der Waals surface area (Å²) in [6.45, 7) is 21.9. The maximum Gasteiger partial charge on any atom is 0.123 e. The van der Waals surface area contributed by atoms with Crippen molar-refractivity contribution in [1.29, 1.82) is 0 Å². The molecule has 2 nitrogen and oxygen atoms in total. The highest BCUT2D eigenvalue weighted by Crippen LogP contribution is 2.49. The molecule has 0 amide bonds. The van der Waals surface area contributed by atoms with Gasteiger partial charge in [-0.25, -0.2) is 0 Å². The number of carbonyl (C=O) groups excluding carboxylic acids is 1. The summed E-state index contributed by atoms with van der Waals surface area (Å²) >= 11 is 0. The van der Waals surface area contributed by atoms with Crippen molar-refractivity contribution in [2.45, 2.75) is 120 Å². The Balaban J connectivity index is 0.000000315. The van der Waals surface area contributed by atoms with Crippen LogP contribution in [0.3, 0.4) is 0 Å². The van der Waals surface area contributed by atoms with E-state index >= 15 is 0 Å². The van der Waals surface area contributed by atoms with Crippen LogP contribution in [0.15, 0.2) is 47.8 Å². The van der Waals surface area contributed by atoms with Gasteiger partial charge in [0.1, 0.15) is 11.9 Å². The number of ether oxygens (including phenoxy) is 1. The number of carbonyl (C=O) groups is 1. The van der Waals surface area contributed by atoms with Gasteiger partial charge in [0.25, 0.3) is 0 Å². The first kappa shape index (κ1) is 32.5. The number of fused-ring (bicyclic) bond motifs is 1. The zero-order valence-corrected chi connectivity index (χ0v) is 25.3. The van der Waals surface area contributed by atoms with Crippen molar-refractivity contribution in [2.24, 2.45) is 41.4 Å². The van der Waals surface area contributed by atoms with Gasteiger partial charge in [0.2, 0.25) is 0 Å². The Morgan fingerprint density at radius 3 is 2.11 bits per heavy atom. The Hall–Kier alpha value is -1.57. The minimum Gasteiger partial charge on any atom is -0.495 e. The van der Waals surface area contributed by atoms with Gasteiger partial charge < -0.3 is 9.53 Å². The number of hydrogen-bond acceptors (Lipinski definition) is 2. The van der Waals surface area contributed by atoms with Gasteiger partial charge in [0, 0.05) is 11.8 Å². The molecule has 1 aliphatic heterocycles. The highest BCUT2D eigenvalue weighted by Gasteiger charge is 2.43. The molecule has 7 atom stereocenters. The molecule has 0 aromatic carbocycles. The van der Waals surface area contributed by atoms with Gasteiger partial charge in [-0.1, -0.05) is 69.6 Å². The van der Waals surface area contributed by atoms with Gasteiger partial charge in [-0.05, 0) is 116 Å². The van der Waals surface area contributed by atoms with Crippen LogP contribution in [0.2, 0.25) is 0 Å². The van der Waals surface area contributed by atoms with E-state index in [1.807, 2.05) is 13.8 Å². The molecule has 0 bridgehead atoms. The van der Waals surface area contributed by atoms with Crippen LogP contribution in [0, 0.1) is 41.4 Å². The van der Waals surface area contributed by atoms with E-state index in [-0.39, 0.29) is 5.60 Å². The van der Waals surface area contributed by atoms with Crippen molar-refractivity contribution < 1.29 is 9.53 Å². The van der Waals surface area contributed by atoms with Crippen LogP contribution < -0.4 is 0 Å². The first-order valence-corrected chi connectivity index (χ1v) is 14.7. The van der Waals surface area contributed by atoms with Crippen molar-refractivity contribution >= 4 is 6.29 Å². The largest absolute Gasteiger partial charge is 0.495 e. The highest BCUT2D eigenvalue weighted by molar-refractivity contribution is 5.54. The minimum absolute atomic E-state index is 0.000109. The number of allylic oxidation sites excluding steroid dienone is 7. The van der Waals surface area contributed by atoms with Crippen molar-refractivity contribution in [3.05, 3.63) is 47.8 Å². The zero-order valence-electron chi connectivity index (χ0n) is 25.3. The molecule has 0 aromatic rings. The first-order valence-electron chi connectivity index (χ1n) is 14.7. The van der Waals surface area contributed by atoms with Gasteiger partial charge in [-0.15, -0.1) is 0 Å². The van der Waals surface area contributed by atoms with E-state index in [1.165, 1.54) is 44.0 Å². The Morgan fingerprint density at radius 2 is 1.56 bits per heavy atom. The molecule has 2 heteroatoms. The summed E-state index contributed by atoms with van der Waals surface area (Å²) < 4.78 is 6.02. The molecular formula is C34H58O2. The van der Waals surface area contributed by atoms with E-state index in [0.29, 0.717) is 23.7 Å². The maximum absolute atomic E-state index is 10.9. The van der Waals surface area contributed by atoms with Crippen LogP contribution >= 0.6 is 0 Å². The quantitative estimate of drug-likeness (QED) is 0.278.